The second-order valence-electron chi connectivity index (χ2n) is 9.75. The number of hydrogen-bond acceptors (Lipinski definition) is 8. The molecule has 0 amide bonds. The van der Waals surface area contributed by atoms with Crippen molar-refractivity contribution in [3.63, 3.8) is 0 Å². The Morgan fingerprint density at radius 3 is 1.32 bits per heavy atom. The van der Waals surface area contributed by atoms with Crippen LogP contribution in [-0.2, 0) is 28.7 Å². The first-order valence-electron chi connectivity index (χ1n) is 12.6. The maximum Gasteiger partial charge on any atom is 0.340 e. The monoisotopic (exact) mass is 552 g/mol. The van der Waals surface area contributed by atoms with Crippen molar-refractivity contribution in [2.24, 2.45) is 20.8 Å². The van der Waals surface area contributed by atoms with E-state index in [0.717, 1.165) is 22.3 Å². The number of methoxy groups -OCH3 is 2. The number of esters is 2. The van der Waals surface area contributed by atoms with Gasteiger partial charge in [0.1, 0.15) is 13.1 Å². The molecular weight excluding hydrogens is 516 g/mol. The molecule has 2 unspecified atom stereocenters. The van der Waals surface area contributed by atoms with Gasteiger partial charge in [-0.05, 0) is 61.1 Å². The van der Waals surface area contributed by atoms with Crippen LogP contribution in [0.4, 0.5) is 0 Å². The minimum atomic E-state index is -1.13. The molecule has 214 valence electrons. The van der Waals surface area contributed by atoms with Crippen molar-refractivity contribution in [3.8, 4) is 0 Å². The third kappa shape index (κ3) is 5.80. The number of hydrogen-bond donors (Lipinski definition) is 2. The average molecular weight is 553 g/mol. The van der Waals surface area contributed by atoms with E-state index in [9.17, 15) is 19.2 Å². The fourth-order valence-electron chi connectivity index (χ4n) is 5.66. The summed E-state index contributed by atoms with van der Waals surface area (Å²) in [6.45, 7) is 10.5. The van der Waals surface area contributed by atoms with Crippen LogP contribution in [0.2, 0.25) is 0 Å². The molecule has 0 aliphatic heterocycles. The number of allylic oxidation sites excluding steroid dienone is 10. The smallest absolute Gasteiger partial charge is 0.340 e. The van der Waals surface area contributed by atoms with Gasteiger partial charge in [0, 0.05) is 23.3 Å². The third-order valence-corrected chi connectivity index (χ3v) is 7.36. The molecule has 0 saturated carbocycles. The molecule has 0 heterocycles. The van der Waals surface area contributed by atoms with Crippen molar-refractivity contribution in [2.45, 2.75) is 41.5 Å². The number of carbonyl (C=O) groups excluding carboxylic acids is 2. The number of rotatable bonds is 9. The molecule has 0 aromatic carbocycles. The molecule has 0 radical (unpaired) electrons. The fraction of sp³-hybridized carbons (Fsp3) is 0.400. The van der Waals surface area contributed by atoms with Crippen LogP contribution in [0.15, 0.2) is 78.9 Å². The van der Waals surface area contributed by atoms with Crippen LogP contribution in [0.25, 0.3) is 0 Å². The van der Waals surface area contributed by atoms with E-state index in [1.807, 2.05) is 65.8 Å². The van der Waals surface area contributed by atoms with Crippen molar-refractivity contribution in [2.75, 3.05) is 27.3 Å². The van der Waals surface area contributed by atoms with Crippen LogP contribution in [-0.4, -0.2) is 73.8 Å². The molecule has 0 aromatic rings. The lowest BCUT2D eigenvalue weighted by molar-refractivity contribution is -0.136. The number of carboxylic acids is 2. The Kier molecular flexibility index (Phi) is 10.1. The Morgan fingerprint density at radius 2 is 1.07 bits per heavy atom. The molecule has 2 rings (SSSR count). The summed E-state index contributed by atoms with van der Waals surface area (Å²) in [5.41, 5.74) is 3.07. The van der Waals surface area contributed by atoms with Gasteiger partial charge < -0.3 is 19.7 Å². The number of ether oxygens (including phenoxy) is 2. The topological polar surface area (TPSA) is 152 Å². The van der Waals surface area contributed by atoms with E-state index in [1.165, 1.54) is 26.6 Å². The quantitative estimate of drug-likeness (QED) is 0.247. The SMILES string of the molecule is C\C=C1/C(=C(\C=N\CC(=O)O)C(=O)OC)C(C)=CC1(C)C1(C)C=C(C)C(=C(/C=N/CC(=O)O)C(=O)OC)/C1=C\C. The summed E-state index contributed by atoms with van der Waals surface area (Å²) in [7, 11) is 2.49. The van der Waals surface area contributed by atoms with E-state index < -0.39 is 47.8 Å². The van der Waals surface area contributed by atoms with Crippen molar-refractivity contribution >= 4 is 36.3 Å². The number of aliphatic carboxylic acids is 2. The molecule has 2 aliphatic carbocycles. The highest BCUT2D eigenvalue weighted by atomic mass is 16.5. The molecule has 2 aliphatic rings. The first-order valence-corrected chi connectivity index (χ1v) is 12.6. The van der Waals surface area contributed by atoms with Gasteiger partial charge >= 0.3 is 23.9 Å². The van der Waals surface area contributed by atoms with Crippen LogP contribution in [0, 0.1) is 10.8 Å². The highest BCUT2D eigenvalue weighted by Gasteiger charge is 2.54. The van der Waals surface area contributed by atoms with E-state index in [2.05, 4.69) is 9.98 Å². The molecule has 0 aromatic heterocycles. The Hall–Kier alpha value is -4.34. The van der Waals surface area contributed by atoms with Gasteiger partial charge in [0.05, 0.1) is 25.4 Å². The molecule has 2 N–H and O–H groups in total. The van der Waals surface area contributed by atoms with Gasteiger partial charge in [-0.15, -0.1) is 0 Å². The molecular formula is C30H36N2O8. The highest BCUT2D eigenvalue weighted by Crippen LogP contribution is 2.63. The summed E-state index contributed by atoms with van der Waals surface area (Å²) >= 11 is 0. The Labute approximate surface area is 233 Å². The van der Waals surface area contributed by atoms with E-state index in [-0.39, 0.29) is 11.1 Å². The third-order valence-electron chi connectivity index (χ3n) is 7.36. The van der Waals surface area contributed by atoms with Gasteiger partial charge in [-0.2, -0.15) is 0 Å². The predicted octanol–water partition coefficient (Wildman–Crippen LogP) is 4.06. The lowest BCUT2D eigenvalue weighted by atomic mass is 9.59. The minimum absolute atomic E-state index is 0.130. The van der Waals surface area contributed by atoms with Gasteiger partial charge in [0.2, 0.25) is 0 Å². The van der Waals surface area contributed by atoms with Gasteiger partial charge in [0.15, 0.2) is 0 Å². The van der Waals surface area contributed by atoms with Gasteiger partial charge in [-0.3, -0.25) is 19.6 Å². The van der Waals surface area contributed by atoms with E-state index >= 15 is 0 Å². The molecule has 10 heteroatoms. The van der Waals surface area contributed by atoms with E-state index in [0.29, 0.717) is 11.1 Å². The molecule has 0 saturated heterocycles. The van der Waals surface area contributed by atoms with Crippen LogP contribution in [0.5, 0.6) is 0 Å². The second-order valence-corrected chi connectivity index (χ2v) is 9.75. The van der Waals surface area contributed by atoms with Gasteiger partial charge in [0.25, 0.3) is 0 Å². The molecule has 0 spiro atoms. The maximum absolute atomic E-state index is 12.9. The summed E-state index contributed by atoms with van der Waals surface area (Å²) in [6.07, 6.45) is 10.3. The summed E-state index contributed by atoms with van der Waals surface area (Å²) in [4.78, 5) is 55.6. The Morgan fingerprint density at radius 1 is 0.750 bits per heavy atom. The maximum atomic E-state index is 12.9. The summed E-state index contributed by atoms with van der Waals surface area (Å²) < 4.78 is 10.0. The lowest BCUT2D eigenvalue weighted by Gasteiger charge is -2.42. The molecule has 0 fully saturated rings. The van der Waals surface area contributed by atoms with Crippen LogP contribution in [0.1, 0.15) is 41.5 Å². The summed E-state index contributed by atoms with van der Waals surface area (Å²) in [5.74, 6) is -3.58. The zero-order chi connectivity index (χ0) is 30.4. The second kappa shape index (κ2) is 12.7. The van der Waals surface area contributed by atoms with Crippen LogP contribution >= 0.6 is 0 Å². The van der Waals surface area contributed by atoms with Crippen LogP contribution in [0.3, 0.4) is 0 Å². The molecule has 10 nitrogen and oxygen atoms in total. The van der Waals surface area contributed by atoms with E-state index in [4.69, 9.17) is 19.7 Å². The number of carboxylic acid groups (broad SMARTS) is 2. The molecule has 0 bridgehead atoms. The van der Waals surface area contributed by atoms with Crippen molar-refractivity contribution in [3.05, 3.63) is 68.9 Å². The lowest BCUT2D eigenvalue weighted by Crippen LogP contribution is -2.35. The van der Waals surface area contributed by atoms with Gasteiger partial charge in [-0.1, -0.05) is 38.2 Å². The van der Waals surface area contributed by atoms with Crippen LogP contribution < -0.4 is 0 Å². The van der Waals surface area contributed by atoms with Crippen molar-refractivity contribution in [1.82, 2.24) is 0 Å². The normalized spacial score (nSPS) is 27.3. The first kappa shape index (κ1) is 31.9. The van der Waals surface area contributed by atoms with Gasteiger partial charge in [-0.25, -0.2) is 9.59 Å². The fourth-order valence-corrected chi connectivity index (χ4v) is 5.66. The number of aliphatic imine (C=N–C) groups is 2. The Bertz CT molecular complexity index is 1270. The minimum Gasteiger partial charge on any atom is -0.480 e. The largest absolute Gasteiger partial charge is 0.480 e. The van der Waals surface area contributed by atoms with E-state index in [1.54, 1.807) is 0 Å². The zero-order valence-corrected chi connectivity index (χ0v) is 24.1. The van der Waals surface area contributed by atoms with Crippen molar-refractivity contribution in [1.29, 1.82) is 0 Å². The zero-order valence-electron chi connectivity index (χ0n) is 24.1. The summed E-state index contributed by atoms with van der Waals surface area (Å²) in [5, 5.41) is 18.1. The first-order chi connectivity index (χ1) is 18.7. The standard InChI is InChI=1S/C30H36N2O8/c1-9-21-25(19(27(37)39-7)13-31-15-23(33)34)17(3)11-29(21,5)30(6)12-18(4)26(22(30)10-2)20(28(38)40-8)14-32-16-24(35)36/h9-14H,15-16H2,1-8H3,(H,33,34)(H,35,36)/b21-9+,22-10+,25-19+,26-20+,31-13+,32-14+. The highest BCUT2D eigenvalue weighted by molar-refractivity contribution is 6.13. The average Bonchev–Trinajstić information content (AvgIpc) is 3.32. The predicted molar refractivity (Wildman–Crippen MR) is 151 cm³/mol. The number of carbonyl (C=O) groups is 4. The molecule has 2 atom stereocenters. The number of nitrogens with zero attached hydrogens (tertiary/aromatic N) is 2. The molecule has 40 heavy (non-hydrogen) atoms. The van der Waals surface area contributed by atoms with Crippen molar-refractivity contribution < 1.29 is 38.9 Å². The summed E-state index contributed by atoms with van der Waals surface area (Å²) in [6, 6.07) is 0. The Balaban J connectivity index is 2.86.